The van der Waals surface area contributed by atoms with E-state index in [9.17, 15) is 0 Å². The lowest BCUT2D eigenvalue weighted by Crippen LogP contribution is -2.32. The number of aromatic nitrogens is 2. The minimum Gasteiger partial charge on any atom is -0.419 e. The molecule has 2 aromatic rings. The van der Waals surface area contributed by atoms with Gasteiger partial charge >= 0.3 is 0 Å². The van der Waals surface area contributed by atoms with Crippen molar-refractivity contribution in [2.75, 3.05) is 32.7 Å². The quantitative estimate of drug-likeness (QED) is 0.843. The molecule has 0 radical (unpaired) electrons. The van der Waals surface area contributed by atoms with Gasteiger partial charge in [-0.1, -0.05) is 31.5 Å². The molecule has 0 N–H and O–H groups in total. The molecule has 5 nitrogen and oxygen atoms in total. The van der Waals surface area contributed by atoms with Crippen LogP contribution in [0, 0.1) is 12.8 Å². The first-order valence-electron chi connectivity index (χ1n) is 8.94. The van der Waals surface area contributed by atoms with E-state index < -0.39 is 0 Å². The second kappa shape index (κ2) is 7.90. The number of aryl methyl sites for hydroxylation is 1. The molecule has 1 aromatic carbocycles. The summed E-state index contributed by atoms with van der Waals surface area (Å²) >= 11 is 0. The molecule has 0 spiro atoms. The van der Waals surface area contributed by atoms with Crippen LogP contribution in [0.3, 0.4) is 0 Å². The number of hydrogen-bond donors (Lipinski definition) is 0. The Hall–Kier alpha value is -1.72. The lowest BCUT2D eigenvalue weighted by molar-refractivity contribution is 0.224. The smallest absolute Gasteiger partial charge is 0.247 e. The molecule has 1 fully saturated rings. The van der Waals surface area contributed by atoms with Gasteiger partial charge in [0, 0.05) is 25.2 Å². The Kier molecular flexibility index (Phi) is 5.63. The SMILES string of the molecule is Cc1ccc(-c2nnc(CN3CCCN(CC(C)C)CC3)o2)cc1. The highest BCUT2D eigenvalue weighted by Crippen LogP contribution is 2.19. The molecule has 0 saturated carbocycles. The third-order valence-electron chi connectivity index (χ3n) is 4.43. The summed E-state index contributed by atoms with van der Waals surface area (Å²) in [4.78, 5) is 4.99. The summed E-state index contributed by atoms with van der Waals surface area (Å²) in [6, 6.07) is 8.19. The lowest BCUT2D eigenvalue weighted by atomic mass is 10.1. The fourth-order valence-corrected chi connectivity index (χ4v) is 3.20. The Balaban J connectivity index is 1.57. The van der Waals surface area contributed by atoms with Gasteiger partial charge in [-0.2, -0.15) is 0 Å². The first-order valence-corrected chi connectivity index (χ1v) is 8.94. The predicted octanol–water partition coefficient (Wildman–Crippen LogP) is 3.21. The van der Waals surface area contributed by atoms with Gasteiger partial charge in [0.2, 0.25) is 11.8 Å². The van der Waals surface area contributed by atoms with E-state index >= 15 is 0 Å². The van der Waals surface area contributed by atoms with Crippen molar-refractivity contribution in [1.29, 1.82) is 0 Å². The van der Waals surface area contributed by atoms with Gasteiger partial charge < -0.3 is 9.32 Å². The summed E-state index contributed by atoms with van der Waals surface area (Å²) < 4.78 is 5.87. The standard InChI is InChI=1S/C19H28N4O/c1-15(2)13-22-9-4-10-23(12-11-22)14-18-20-21-19(24-18)17-7-5-16(3)6-8-17/h5-8,15H,4,9-14H2,1-3H3. The molecule has 2 heterocycles. The van der Waals surface area contributed by atoms with Crippen LogP contribution in [-0.4, -0.2) is 52.7 Å². The molecule has 1 aromatic heterocycles. The van der Waals surface area contributed by atoms with Gasteiger partial charge in [-0.05, 0) is 44.5 Å². The summed E-state index contributed by atoms with van der Waals surface area (Å²) in [5, 5.41) is 8.44. The minimum atomic E-state index is 0.612. The normalized spacial score (nSPS) is 17.3. The number of rotatable bonds is 5. The fourth-order valence-electron chi connectivity index (χ4n) is 3.20. The van der Waals surface area contributed by atoms with Crippen molar-refractivity contribution in [3.63, 3.8) is 0 Å². The van der Waals surface area contributed by atoms with E-state index in [0.29, 0.717) is 11.8 Å². The monoisotopic (exact) mass is 328 g/mol. The van der Waals surface area contributed by atoms with E-state index in [2.05, 4.69) is 52.9 Å². The molecular formula is C19H28N4O. The van der Waals surface area contributed by atoms with E-state index in [1.807, 2.05) is 12.1 Å². The van der Waals surface area contributed by atoms with Gasteiger partial charge in [-0.3, -0.25) is 4.90 Å². The van der Waals surface area contributed by atoms with Crippen LogP contribution >= 0.6 is 0 Å². The van der Waals surface area contributed by atoms with E-state index in [4.69, 9.17) is 4.42 Å². The van der Waals surface area contributed by atoms with Gasteiger partial charge in [0.15, 0.2) is 0 Å². The zero-order valence-corrected chi connectivity index (χ0v) is 15.0. The highest BCUT2D eigenvalue weighted by molar-refractivity contribution is 5.52. The average Bonchev–Trinajstić information content (AvgIpc) is 2.90. The second-order valence-electron chi connectivity index (χ2n) is 7.19. The zero-order chi connectivity index (χ0) is 16.9. The fraction of sp³-hybridized carbons (Fsp3) is 0.579. The molecule has 0 amide bonds. The molecule has 1 aliphatic heterocycles. The van der Waals surface area contributed by atoms with Crippen molar-refractivity contribution in [3.05, 3.63) is 35.7 Å². The van der Waals surface area contributed by atoms with Crippen LogP contribution in [0.2, 0.25) is 0 Å². The summed E-state index contributed by atoms with van der Waals surface area (Å²) in [5.74, 6) is 2.05. The molecule has 24 heavy (non-hydrogen) atoms. The van der Waals surface area contributed by atoms with Gasteiger partial charge in [0.25, 0.3) is 0 Å². The van der Waals surface area contributed by atoms with Gasteiger partial charge in [0.05, 0.1) is 6.54 Å². The molecule has 0 aliphatic carbocycles. The number of hydrogen-bond acceptors (Lipinski definition) is 5. The minimum absolute atomic E-state index is 0.612. The van der Waals surface area contributed by atoms with Crippen molar-refractivity contribution in [3.8, 4) is 11.5 Å². The van der Waals surface area contributed by atoms with Crippen LogP contribution in [-0.2, 0) is 6.54 Å². The first-order chi connectivity index (χ1) is 11.6. The molecule has 0 atom stereocenters. The summed E-state index contributed by atoms with van der Waals surface area (Å²) in [5.41, 5.74) is 2.22. The molecule has 0 bridgehead atoms. The van der Waals surface area contributed by atoms with E-state index in [0.717, 1.165) is 37.7 Å². The Bertz CT molecular complexity index is 635. The van der Waals surface area contributed by atoms with Crippen molar-refractivity contribution in [2.24, 2.45) is 5.92 Å². The van der Waals surface area contributed by atoms with Crippen LogP contribution in [0.4, 0.5) is 0 Å². The highest BCUT2D eigenvalue weighted by Gasteiger charge is 2.18. The van der Waals surface area contributed by atoms with Crippen LogP contribution in [0.1, 0.15) is 31.7 Å². The van der Waals surface area contributed by atoms with Crippen LogP contribution in [0.5, 0.6) is 0 Å². The maximum absolute atomic E-state index is 5.87. The van der Waals surface area contributed by atoms with Crippen LogP contribution in [0.25, 0.3) is 11.5 Å². The Labute approximate surface area is 144 Å². The largest absolute Gasteiger partial charge is 0.419 e. The summed E-state index contributed by atoms with van der Waals surface area (Å²) in [6.45, 7) is 13.0. The highest BCUT2D eigenvalue weighted by atomic mass is 16.4. The number of benzene rings is 1. The molecule has 3 rings (SSSR count). The number of nitrogens with zero attached hydrogens (tertiary/aromatic N) is 4. The van der Waals surface area contributed by atoms with E-state index in [1.165, 1.54) is 25.1 Å². The third-order valence-corrected chi connectivity index (χ3v) is 4.43. The van der Waals surface area contributed by atoms with Crippen molar-refractivity contribution < 1.29 is 4.42 Å². The first kappa shape index (κ1) is 17.1. The van der Waals surface area contributed by atoms with Crippen molar-refractivity contribution in [1.82, 2.24) is 20.0 Å². The maximum atomic E-state index is 5.87. The Morgan fingerprint density at radius 1 is 1.00 bits per heavy atom. The van der Waals surface area contributed by atoms with Crippen molar-refractivity contribution >= 4 is 0 Å². The predicted molar refractivity (Wildman–Crippen MR) is 95.6 cm³/mol. The topological polar surface area (TPSA) is 45.4 Å². The second-order valence-corrected chi connectivity index (χ2v) is 7.19. The maximum Gasteiger partial charge on any atom is 0.247 e. The van der Waals surface area contributed by atoms with Gasteiger partial charge in [0.1, 0.15) is 0 Å². The molecule has 130 valence electrons. The van der Waals surface area contributed by atoms with Gasteiger partial charge in [-0.25, -0.2) is 0 Å². The summed E-state index contributed by atoms with van der Waals surface area (Å²) in [7, 11) is 0. The summed E-state index contributed by atoms with van der Waals surface area (Å²) in [6.07, 6.45) is 1.20. The molecule has 5 heteroatoms. The zero-order valence-electron chi connectivity index (χ0n) is 15.0. The Morgan fingerprint density at radius 3 is 2.46 bits per heavy atom. The Morgan fingerprint density at radius 2 is 1.71 bits per heavy atom. The lowest BCUT2D eigenvalue weighted by Gasteiger charge is -2.22. The molecule has 1 aliphatic rings. The van der Waals surface area contributed by atoms with Crippen LogP contribution < -0.4 is 0 Å². The van der Waals surface area contributed by atoms with E-state index in [1.54, 1.807) is 0 Å². The average molecular weight is 328 g/mol. The van der Waals surface area contributed by atoms with Crippen molar-refractivity contribution in [2.45, 2.75) is 33.7 Å². The van der Waals surface area contributed by atoms with Gasteiger partial charge in [-0.15, -0.1) is 10.2 Å². The van der Waals surface area contributed by atoms with E-state index in [-0.39, 0.29) is 0 Å². The third kappa shape index (κ3) is 4.65. The van der Waals surface area contributed by atoms with Crippen LogP contribution in [0.15, 0.2) is 28.7 Å². The molecule has 1 saturated heterocycles. The molecular weight excluding hydrogens is 300 g/mol. The molecule has 0 unspecified atom stereocenters.